The monoisotopic (exact) mass is 389 g/mol. The van der Waals surface area contributed by atoms with E-state index in [-0.39, 0.29) is 5.69 Å². The molecule has 8 nitrogen and oxygen atoms in total. The van der Waals surface area contributed by atoms with Gasteiger partial charge in [0.15, 0.2) is 0 Å². The third kappa shape index (κ3) is 3.95. The first-order valence-electron chi connectivity index (χ1n) is 9.27. The van der Waals surface area contributed by atoms with E-state index in [1.165, 1.54) is 12.1 Å². The van der Waals surface area contributed by atoms with Gasteiger partial charge in [0.2, 0.25) is 0 Å². The van der Waals surface area contributed by atoms with Crippen LogP contribution in [0, 0.1) is 21.4 Å². The normalized spacial score (nSPS) is 14.7. The van der Waals surface area contributed by atoms with Gasteiger partial charge in [-0.05, 0) is 24.3 Å². The van der Waals surface area contributed by atoms with Gasteiger partial charge >= 0.3 is 0 Å². The Labute approximate surface area is 167 Å². The molecule has 29 heavy (non-hydrogen) atoms. The summed E-state index contributed by atoms with van der Waals surface area (Å²) in [5.41, 5.74) is 3.79. The lowest BCUT2D eigenvalue weighted by molar-refractivity contribution is -0.384. The smallest absolute Gasteiger partial charge is 0.270 e. The van der Waals surface area contributed by atoms with Crippen molar-refractivity contribution in [3.05, 3.63) is 70.0 Å². The van der Waals surface area contributed by atoms with Gasteiger partial charge in [0.1, 0.15) is 0 Å². The van der Waals surface area contributed by atoms with Gasteiger partial charge in [0.25, 0.3) is 5.69 Å². The lowest BCUT2D eigenvalue weighted by Gasteiger charge is -2.30. The summed E-state index contributed by atoms with van der Waals surface area (Å²) in [6, 6.07) is 14.7. The number of para-hydroxylation sites is 2. The van der Waals surface area contributed by atoms with Gasteiger partial charge in [-0.25, -0.2) is 4.98 Å². The molecule has 1 aliphatic heterocycles. The fourth-order valence-corrected chi connectivity index (χ4v) is 3.48. The van der Waals surface area contributed by atoms with Gasteiger partial charge < -0.3 is 14.2 Å². The molecule has 4 rings (SSSR count). The highest BCUT2D eigenvalue weighted by Gasteiger charge is 2.17. The van der Waals surface area contributed by atoms with E-state index in [1.54, 1.807) is 18.5 Å². The topological polar surface area (TPSA) is 97.2 Å². The molecule has 0 spiro atoms. The average Bonchev–Trinajstić information content (AvgIpc) is 3.16. The number of aromatic nitrogens is 2. The molecule has 3 aromatic rings. The molecule has 0 saturated carbocycles. The Balaban J connectivity index is 1.72. The largest absolute Gasteiger partial charge is 0.378 e. The number of nitro groups is 1. The molecule has 0 unspecified atom stereocenters. The molecule has 1 saturated heterocycles. The maximum Gasteiger partial charge on any atom is 0.270 e. The number of morpholine rings is 1. The summed E-state index contributed by atoms with van der Waals surface area (Å²) >= 11 is 0. The molecule has 0 bridgehead atoms. The van der Waals surface area contributed by atoms with Gasteiger partial charge in [-0.15, -0.1) is 0 Å². The lowest BCUT2D eigenvalue weighted by atomic mass is 10.1. The average molecular weight is 389 g/mol. The van der Waals surface area contributed by atoms with E-state index in [2.05, 4.69) is 16.0 Å². The third-order valence-electron chi connectivity index (χ3n) is 4.92. The third-order valence-corrected chi connectivity index (χ3v) is 4.92. The van der Waals surface area contributed by atoms with Crippen molar-refractivity contribution in [1.82, 2.24) is 9.55 Å². The molecule has 1 aromatic heterocycles. The van der Waals surface area contributed by atoms with Gasteiger partial charge in [0, 0.05) is 42.0 Å². The summed E-state index contributed by atoms with van der Waals surface area (Å²) in [5.74, 6) is 0. The zero-order valence-electron chi connectivity index (χ0n) is 15.7. The van der Waals surface area contributed by atoms with Crippen LogP contribution in [0.4, 0.5) is 11.4 Å². The highest BCUT2D eigenvalue weighted by molar-refractivity contribution is 5.76. The molecule has 1 aliphatic rings. The number of anilines is 1. The Kier molecular flexibility index (Phi) is 5.22. The van der Waals surface area contributed by atoms with Gasteiger partial charge in [0.05, 0.1) is 48.1 Å². The fourth-order valence-electron chi connectivity index (χ4n) is 3.48. The van der Waals surface area contributed by atoms with Crippen LogP contribution < -0.4 is 4.90 Å². The summed E-state index contributed by atoms with van der Waals surface area (Å²) in [7, 11) is 0. The molecule has 1 fully saturated rings. The number of fused-ring (bicyclic) bond motifs is 1. The van der Waals surface area contributed by atoms with Crippen LogP contribution in [-0.4, -0.2) is 40.8 Å². The summed E-state index contributed by atoms with van der Waals surface area (Å²) in [5, 5.41) is 21.0. The molecule has 0 radical (unpaired) electrons. The first-order chi connectivity index (χ1) is 14.2. The number of rotatable bonds is 5. The predicted molar refractivity (Wildman–Crippen MR) is 109 cm³/mol. The number of allylic oxidation sites excluding steroid dienone is 1. The van der Waals surface area contributed by atoms with Crippen LogP contribution in [0.3, 0.4) is 0 Å². The SMILES string of the molecule is N#C/C(=C/c1cc([N+](=O)[O-])ccc1N1CCOCC1)Cn1cnc2ccccc21. The second-order valence-electron chi connectivity index (χ2n) is 6.74. The fraction of sp³-hybridized carbons (Fsp3) is 0.238. The van der Waals surface area contributed by atoms with E-state index < -0.39 is 4.92 Å². The first kappa shape index (κ1) is 18.7. The molecule has 2 aromatic carbocycles. The minimum atomic E-state index is -0.421. The standard InChI is InChI=1S/C21H19N5O3/c22-13-16(14-25-15-23-19-3-1-2-4-21(19)25)11-17-12-18(26(27)28)5-6-20(17)24-7-9-29-10-8-24/h1-6,11-12,15H,7-10,14H2/b16-11-. The van der Waals surface area contributed by atoms with Crippen LogP contribution in [0.2, 0.25) is 0 Å². The van der Waals surface area contributed by atoms with E-state index in [0.29, 0.717) is 44.0 Å². The van der Waals surface area contributed by atoms with E-state index in [0.717, 1.165) is 16.7 Å². The summed E-state index contributed by atoms with van der Waals surface area (Å²) in [6.07, 6.45) is 3.43. The minimum absolute atomic E-state index is 0.00127. The van der Waals surface area contributed by atoms with Crippen molar-refractivity contribution >= 4 is 28.5 Å². The molecule has 0 amide bonds. The van der Waals surface area contributed by atoms with Crippen LogP contribution in [0.5, 0.6) is 0 Å². The number of hydrogen-bond donors (Lipinski definition) is 0. The maximum absolute atomic E-state index is 11.3. The number of nitrogens with zero attached hydrogens (tertiary/aromatic N) is 5. The van der Waals surface area contributed by atoms with Crippen molar-refractivity contribution in [3.8, 4) is 6.07 Å². The summed E-state index contributed by atoms with van der Waals surface area (Å²) in [4.78, 5) is 17.3. The summed E-state index contributed by atoms with van der Waals surface area (Å²) in [6.45, 7) is 2.94. The second-order valence-corrected chi connectivity index (χ2v) is 6.74. The van der Waals surface area contributed by atoms with Gasteiger partial charge in [-0.3, -0.25) is 10.1 Å². The van der Waals surface area contributed by atoms with Crippen molar-refractivity contribution in [1.29, 1.82) is 5.26 Å². The van der Waals surface area contributed by atoms with Crippen LogP contribution in [0.25, 0.3) is 17.1 Å². The van der Waals surface area contributed by atoms with Crippen LogP contribution >= 0.6 is 0 Å². The van der Waals surface area contributed by atoms with Gasteiger partial charge in [-0.1, -0.05) is 12.1 Å². The zero-order valence-corrected chi connectivity index (χ0v) is 15.7. The molecule has 0 aliphatic carbocycles. The van der Waals surface area contributed by atoms with Crippen molar-refractivity contribution in [2.75, 3.05) is 31.2 Å². The number of nitro benzene ring substituents is 1. The Hall–Kier alpha value is -3.70. The van der Waals surface area contributed by atoms with E-state index in [9.17, 15) is 15.4 Å². The maximum atomic E-state index is 11.3. The highest BCUT2D eigenvalue weighted by Crippen LogP contribution is 2.29. The van der Waals surface area contributed by atoms with Crippen molar-refractivity contribution in [2.45, 2.75) is 6.54 Å². The molecule has 0 N–H and O–H groups in total. The van der Waals surface area contributed by atoms with Crippen molar-refractivity contribution in [3.63, 3.8) is 0 Å². The van der Waals surface area contributed by atoms with Crippen LogP contribution in [-0.2, 0) is 11.3 Å². The molecule has 8 heteroatoms. The van der Waals surface area contributed by atoms with Crippen LogP contribution in [0.15, 0.2) is 54.4 Å². The van der Waals surface area contributed by atoms with Crippen LogP contribution in [0.1, 0.15) is 5.56 Å². The van der Waals surface area contributed by atoms with Crippen molar-refractivity contribution < 1.29 is 9.66 Å². The minimum Gasteiger partial charge on any atom is -0.378 e. The van der Waals surface area contributed by atoms with Gasteiger partial charge in [-0.2, -0.15) is 5.26 Å². The Morgan fingerprint density at radius 2 is 2.07 bits per heavy atom. The Morgan fingerprint density at radius 3 is 2.83 bits per heavy atom. The lowest BCUT2D eigenvalue weighted by Crippen LogP contribution is -2.36. The molecular weight excluding hydrogens is 370 g/mol. The van der Waals surface area contributed by atoms with E-state index in [1.807, 2.05) is 28.8 Å². The number of benzene rings is 2. The number of imidazole rings is 1. The number of non-ortho nitro benzene ring substituents is 1. The predicted octanol–water partition coefficient (Wildman–Crippen LogP) is 3.39. The molecule has 0 atom stereocenters. The van der Waals surface area contributed by atoms with E-state index >= 15 is 0 Å². The number of hydrogen-bond acceptors (Lipinski definition) is 6. The van der Waals surface area contributed by atoms with Crippen molar-refractivity contribution in [2.24, 2.45) is 0 Å². The summed E-state index contributed by atoms with van der Waals surface area (Å²) < 4.78 is 7.31. The number of ether oxygens (including phenoxy) is 1. The molecular formula is C21H19N5O3. The quantitative estimate of drug-likeness (QED) is 0.377. The zero-order chi connectivity index (χ0) is 20.2. The second kappa shape index (κ2) is 8.12. The number of nitriles is 1. The van der Waals surface area contributed by atoms with E-state index in [4.69, 9.17) is 4.74 Å². The molecule has 2 heterocycles. The Bertz CT molecular complexity index is 1120. The first-order valence-corrected chi connectivity index (χ1v) is 9.27. The Morgan fingerprint density at radius 1 is 1.28 bits per heavy atom. The molecule has 146 valence electrons. The highest BCUT2D eigenvalue weighted by atomic mass is 16.6.